The van der Waals surface area contributed by atoms with E-state index in [0.29, 0.717) is 0 Å². The molecule has 0 amide bonds. The van der Waals surface area contributed by atoms with Gasteiger partial charge in [0.05, 0.1) is 0 Å². The largest absolute Gasteiger partial charge is 0.316 e. The van der Waals surface area contributed by atoms with Crippen molar-refractivity contribution in [2.45, 2.75) is 32.1 Å². The van der Waals surface area contributed by atoms with Crippen molar-refractivity contribution in [1.82, 2.24) is 15.1 Å². The quantitative estimate of drug-likeness (QED) is 0.804. The van der Waals surface area contributed by atoms with Crippen LogP contribution in [0.1, 0.15) is 32.1 Å². The van der Waals surface area contributed by atoms with Gasteiger partial charge in [0.25, 0.3) is 0 Å². The Hall–Kier alpha value is -0.120. The molecular formula is C15H31N3. The van der Waals surface area contributed by atoms with E-state index in [4.69, 9.17) is 0 Å². The summed E-state index contributed by atoms with van der Waals surface area (Å²) in [6, 6.07) is 0. The van der Waals surface area contributed by atoms with Crippen LogP contribution < -0.4 is 5.32 Å². The lowest BCUT2D eigenvalue weighted by Crippen LogP contribution is -2.37. The Morgan fingerprint density at radius 3 is 2.61 bits per heavy atom. The van der Waals surface area contributed by atoms with Gasteiger partial charge in [-0.15, -0.1) is 0 Å². The van der Waals surface area contributed by atoms with Gasteiger partial charge in [0.15, 0.2) is 0 Å². The summed E-state index contributed by atoms with van der Waals surface area (Å²) < 4.78 is 0. The molecule has 0 aromatic rings. The number of nitrogens with one attached hydrogen (secondary N) is 1. The maximum Gasteiger partial charge on any atom is 0.000756 e. The number of hydrogen-bond acceptors (Lipinski definition) is 3. The fraction of sp³-hybridized carbons (Fsp3) is 1.00. The van der Waals surface area contributed by atoms with Crippen molar-refractivity contribution in [3.8, 4) is 0 Å². The van der Waals surface area contributed by atoms with Crippen molar-refractivity contribution in [2.24, 2.45) is 11.8 Å². The second-order valence-electron chi connectivity index (χ2n) is 6.51. The Balaban J connectivity index is 1.58. The van der Waals surface area contributed by atoms with Gasteiger partial charge in [0, 0.05) is 6.54 Å². The summed E-state index contributed by atoms with van der Waals surface area (Å²) >= 11 is 0. The maximum atomic E-state index is 3.52. The first-order valence-electron chi connectivity index (χ1n) is 7.82. The first-order chi connectivity index (χ1) is 8.74. The average molecular weight is 253 g/mol. The SMILES string of the molecule is CN1CCC(CN(C)CCC2CCCNC2)CC1. The number of rotatable bonds is 5. The molecule has 2 fully saturated rings. The number of likely N-dealkylation sites (tertiary alicyclic amines) is 1. The van der Waals surface area contributed by atoms with Crippen molar-refractivity contribution < 1.29 is 0 Å². The van der Waals surface area contributed by atoms with Gasteiger partial charge in [0.2, 0.25) is 0 Å². The van der Waals surface area contributed by atoms with E-state index in [1.165, 1.54) is 71.4 Å². The van der Waals surface area contributed by atoms with Crippen LogP contribution >= 0.6 is 0 Å². The van der Waals surface area contributed by atoms with Gasteiger partial charge < -0.3 is 15.1 Å². The van der Waals surface area contributed by atoms with Crippen LogP contribution in [0.5, 0.6) is 0 Å². The van der Waals surface area contributed by atoms with E-state index >= 15 is 0 Å². The molecule has 2 aliphatic heterocycles. The molecule has 0 aliphatic carbocycles. The van der Waals surface area contributed by atoms with Gasteiger partial charge in [-0.3, -0.25) is 0 Å². The van der Waals surface area contributed by atoms with Gasteiger partial charge >= 0.3 is 0 Å². The summed E-state index contributed by atoms with van der Waals surface area (Å²) in [7, 11) is 4.56. The molecule has 0 aromatic carbocycles. The van der Waals surface area contributed by atoms with Crippen LogP contribution in [0.2, 0.25) is 0 Å². The minimum Gasteiger partial charge on any atom is -0.316 e. The lowest BCUT2D eigenvalue weighted by molar-refractivity contribution is 0.170. The maximum absolute atomic E-state index is 3.52. The van der Waals surface area contributed by atoms with Crippen molar-refractivity contribution in [3.05, 3.63) is 0 Å². The van der Waals surface area contributed by atoms with Crippen LogP contribution in [0.3, 0.4) is 0 Å². The topological polar surface area (TPSA) is 18.5 Å². The molecule has 106 valence electrons. The Morgan fingerprint density at radius 2 is 1.94 bits per heavy atom. The fourth-order valence-electron chi connectivity index (χ4n) is 3.35. The first kappa shape index (κ1) is 14.3. The van der Waals surface area contributed by atoms with Crippen LogP contribution in [0, 0.1) is 11.8 Å². The molecule has 0 spiro atoms. The van der Waals surface area contributed by atoms with E-state index in [0.717, 1.165) is 11.8 Å². The molecule has 2 aliphatic rings. The molecule has 2 saturated heterocycles. The molecule has 2 heterocycles. The van der Waals surface area contributed by atoms with E-state index < -0.39 is 0 Å². The van der Waals surface area contributed by atoms with Crippen molar-refractivity contribution >= 4 is 0 Å². The number of piperidine rings is 2. The van der Waals surface area contributed by atoms with Gasteiger partial charge in [-0.05, 0) is 90.8 Å². The van der Waals surface area contributed by atoms with Gasteiger partial charge in [0.1, 0.15) is 0 Å². The fourth-order valence-corrected chi connectivity index (χ4v) is 3.35. The van der Waals surface area contributed by atoms with E-state index in [1.807, 2.05) is 0 Å². The van der Waals surface area contributed by atoms with E-state index in [-0.39, 0.29) is 0 Å². The Bertz CT molecular complexity index is 218. The molecule has 1 N–H and O–H groups in total. The highest BCUT2D eigenvalue weighted by molar-refractivity contribution is 4.74. The normalized spacial score (nSPS) is 27.8. The molecule has 3 nitrogen and oxygen atoms in total. The highest BCUT2D eigenvalue weighted by Gasteiger charge is 2.19. The van der Waals surface area contributed by atoms with Crippen LogP contribution in [-0.2, 0) is 0 Å². The molecule has 0 radical (unpaired) electrons. The average Bonchev–Trinajstić information content (AvgIpc) is 2.40. The van der Waals surface area contributed by atoms with Crippen molar-refractivity contribution in [3.63, 3.8) is 0 Å². The van der Waals surface area contributed by atoms with Crippen molar-refractivity contribution in [2.75, 3.05) is 53.4 Å². The molecule has 0 aromatic heterocycles. The summed E-state index contributed by atoms with van der Waals surface area (Å²) in [5.74, 6) is 1.87. The monoisotopic (exact) mass is 253 g/mol. The number of nitrogens with zero attached hydrogens (tertiary/aromatic N) is 2. The third-order valence-electron chi connectivity index (χ3n) is 4.73. The second kappa shape index (κ2) is 7.46. The zero-order valence-electron chi connectivity index (χ0n) is 12.3. The van der Waals surface area contributed by atoms with Crippen LogP contribution in [0.15, 0.2) is 0 Å². The number of hydrogen-bond donors (Lipinski definition) is 1. The standard InChI is InChI=1S/C15H31N3/c1-17-9-6-15(7-10-17)13-18(2)11-5-14-4-3-8-16-12-14/h14-16H,3-13H2,1-2H3. The van der Waals surface area contributed by atoms with E-state index in [1.54, 1.807) is 0 Å². The van der Waals surface area contributed by atoms with Crippen LogP contribution in [0.4, 0.5) is 0 Å². The Labute approximate surface area is 113 Å². The molecule has 0 saturated carbocycles. The molecule has 3 heteroatoms. The summed E-state index contributed by atoms with van der Waals surface area (Å²) in [5.41, 5.74) is 0. The third kappa shape index (κ3) is 4.87. The molecule has 18 heavy (non-hydrogen) atoms. The minimum absolute atomic E-state index is 0.929. The Morgan fingerprint density at radius 1 is 1.17 bits per heavy atom. The highest BCUT2D eigenvalue weighted by atomic mass is 15.1. The zero-order valence-corrected chi connectivity index (χ0v) is 12.3. The lowest BCUT2D eigenvalue weighted by atomic mass is 9.94. The first-order valence-corrected chi connectivity index (χ1v) is 7.82. The summed E-state index contributed by atoms with van der Waals surface area (Å²) in [6.45, 7) is 7.69. The summed E-state index contributed by atoms with van der Waals surface area (Å²) in [6.07, 6.45) is 6.99. The molecule has 1 unspecified atom stereocenters. The highest BCUT2D eigenvalue weighted by Crippen LogP contribution is 2.18. The van der Waals surface area contributed by atoms with Gasteiger partial charge in [-0.2, -0.15) is 0 Å². The molecule has 2 rings (SSSR count). The summed E-state index contributed by atoms with van der Waals surface area (Å²) in [5, 5.41) is 3.52. The smallest absolute Gasteiger partial charge is 0.000756 e. The van der Waals surface area contributed by atoms with Gasteiger partial charge in [-0.25, -0.2) is 0 Å². The predicted molar refractivity (Wildman–Crippen MR) is 77.9 cm³/mol. The van der Waals surface area contributed by atoms with E-state index in [2.05, 4.69) is 29.2 Å². The lowest BCUT2D eigenvalue weighted by Gasteiger charge is -2.32. The zero-order chi connectivity index (χ0) is 12.8. The van der Waals surface area contributed by atoms with Crippen molar-refractivity contribution in [1.29, 1.82) is 0 Å². The van der Waals surface area contributed by atoms with Gasteiger partial charge in [-0.1, -0.05) is 0 Å². The minimum atomic E-state index is 0.929. The van der Waals surface area contributed by atoms with Crippen LogP contribution in [0.25, 0.3) is 0 Å². The predicted octanol–water partition coefficient (Wildman–Crippen LogP) is 1.65. The molecule has 1 atom stereocenters. The Kier molecular flexibility index (Phi) is 5.93. The molecule has 0 bridgehead atoms. The second-order valence-corrected chi connectivity index (χ2v) is 6.51. The van der Waals surface area contributed by atoms with Crippen LogP contribution in [-0.4, -0.2) is 63.2 Å². The molecular weight excluding hydrogens is 222 g/mol. The summed E-state index contributed by atoms with van der Waals surface area (Å²) in [4.78, 5) is 5.04. The third-order valence-corrected chi connectivity index (χ3v) is 4.73. The van der Waals surface area contributed by atoms with E-state index in [9.17, 15) is 0 Å².